The van der Waals surface area contributed by atoms with E-state index in [1.165, 1.54) is 0 Å². The number of hydrogen-bond acceptors (Lipinski definition) is 2. The smallest absolute Gasteiger partial charge is 0.256 e. The topological polar surface area (TPSA) is 37.3 Å². The molecule has 1 aliphatic heterocycles. The number of carbonyl (C=O) groups is 1. The van der Waals surface area contributed by atoms with E-state index in [1.54, 1.807) is 0 Å². The van der Waals surface area contributed by atoms with Crippen molar-refractivity contribution in [2.45, 2.75) is 0 Å². The van der Waals surface area contributed by atoms with Gasteiger partial charge in [-0.05, 0) is 6.07 Å². The van der Waals surface area contributed by atoms with Crippen LogP contribution in [0.25, 0.3) is 10.9 Å². The highest BCUT2D eigenvalue weighted by molar-refractivity contribution is 6.35. The van der Waals surface area contributed by atoms with Crippen molar-refractivity contribution in [2.24, 2.45) is 7.05 Å². The molecule has 0 aliphatic carbocycles. The molecule has 1 saturated heterocycles. The third kappa shape index (κ3) is 2.11. The summed E-state index contributed by atoms with van der Waals surface area (Å²) in [6.07, 6.45) is 1.88. The van der Waals surface area contributed by atoms with Gasteiger partial charge in [0, 0.05) is 44.8 Å². The lowest BCUT2D eigenvalue weighted by Crippen LogP contribution is -2.46. The van der Waals surface area contributed by atoms with Crippen molar-refractivity contribution in [1.82, 2.24) is 14.8 Å². The molecule has 0 spiro atoms. The van der Waals surface area contributed by atoms with Crippen LogP contribution in [0.2, 0.25) is 5.02 Å². The van der Waals surface area contributed by atoms with Crippen LogP contribution in [0.15, 0.2) is 24.4 Å². The molecule has 5 heteroatoms. The fourth-order valence-corrected chi connectivity index (χ4v) is 2.94. The minimum Gasteiger partial charge on any atom is -0.349 e. The van der Waals surface area contributed by atoms with E-state index in [4.69, 9.17) is 11.6 Å². The standard InChI is InChI=1S/C14H16ClN3O/c1-17-9-11(10-3-2-4-12(15)13(10)17)14(19)18-7-5-16-6-8-18/h2-4,9,16H,5-8H2,1H3. The number of aromatic nitrogens is 1. The molecule has 0 bridgehead atoms. The molecule has 2 heterocycles. The minimum atomic E-state index is 0.0920. The maximum absolute atomic E-state index is 12.6. The molecular formula is C14H16ClN3O. The Morgan fingerprint density at radius 2 is 2.05 bits per heavy atom. The Morgan fingerprint density at radius 1 is 1.32 bits per heavy atom. The van der Waals surface area contributed by atoms with Crippen LogP contribution in [0, 0.1) is 0 Å². The van der Waals surface area contributed by atoms with E-state index >= 15 is 0 Å². The van der Waals surface area contributed by atoms with Gasteiger partial charge in [-0.15, -0.1) is 0 Å². The summed E-state index contributed by atoms with van der Waals surface area (Å²) in [5, 5.41) is 4.86. The number of piperazine rings is 1. The van der Waals surface area contributed by atoms with E-state index in [9.17, 15) is 4.79 Å². The van der Waals surface area contributed by atoms with E-state index in [0.717, 1.165) is 42.6 Å². The number of carbonyl (C=O) groups excluding carboxylic acids is 1. The second kappa shape index (κ2) is 4.87. The number of fused-ring (bicyclic) bond motifs is 1. The molecule has 0 unspecified atom stereocenters. The lowest BCUT2D eigenvalue weighted by Gasteiger charge is -2.27. The van der Waals surface area contributed by atoms with E-state index in [2.05, 4.69) is 5.32 Å². The molecule has 0 radical (unpaired) electrons. The molecule has 2 aromatic rings. The van der Waals surface area contributed by atoms with Gasteiger partial charge in [-0.25, -0.2) is 0 Å². The van der Waals surface area contributed by atoms with Gasteiger partial charge in [-0.1, -0.05) is 23.7 Å². The lowest BCUT2D eigenvalue weighted by atomic mass is 10.1. The van der Waals surface area contributed by atoms with Gasteiger partial charge in [0.1, 0.15) is 0 Å². The van der Waals surface area contributed by atoms with E-state index in [0.29, 0.717) is 5.02 Å². The maximum atomic E-state index is 12.6. The van der Waals surface area contributed by atoms with Crippen LogP contribution < -0.4 is 5.32 Å². The van der Waals surface area contributed by atoms with Gasteiger partial charge in [0.15, 0.2) is 0 Å². The SMILES string of the molecule is Cn1cc(C(=O)N2CCNCC2)c2cccc(Cl)c21. The zero-order chi connectivity index (χ0) is 13.4. The Morgan fingerprint density at radius 3 is 2.79 bits per heavy atom. The molecule has 1 aliphatic rings. The third-order valence-electron chi connectivity index (χ3n) is 3.59. The summed E-state index contributed by atoms with van der Waals surface area (Å²) in [7, 11) is 1.92. The van der Waals surface area contributed by atoms with Crippen molar-refractivity contribution in [1.29, 1.82) is 0 Å². The van der Waals surface area contributed by atoms with Crippen LogP contribution in [0.3, 0.4) is 0 Å². The van der Waals surface area contributed by atoms with Gasteiger partial charge in [0.25, 0.3) is 5.91 Å². The summed E-state index contributed by atoms with van der Waals surface area (Å²) in [6, 6.07) is 5.69. The number of halogens is 1. The molecule has 100 valence electrons. The number of aryl methyl sites for hydroxylation is 1. The summed E-state index contributed by atoms with van der Waals surface area (Å²) in [4.78, 5) is 14.5. The van der Waals surface area contributed by atoms with Gasteiger partial charge < -0.3 is 14.8 Å². The van der Waals surface area contributed by atoms with Crippen LogP contribution in [-0.4, -0.2) is 41.6 Å². The second-order valence-corrected chi connectivity index (χ2v) is 5.24. The van der Waals surface area contributed by atoms with Crippen molar-refractivity contribution in [2.75, 3.05) is 26.2 Å². The molecule has 1 aromatic heterocycles. The summed E-state index contributed by atoms with van der Waals surface area (Å²) in [5.41, 5.74) is 1.66. The summed E-state index contributed by atoms with van der Waals surface area (Å²) in [5.74, 6) is 0.0920. The Balaban J connectivity index is 2.05. The number of nitrogens with one attached hydrogen (secondary N) is 1. The largest absolute Gasteiger partial charge is 0.349 e. The lowest BCUT2D eigenvalue weighted by molar-refractivity contribution is 0.0737. The zero-order valence-electron chi connectivity index (χ0n) is 10.8. The van der Waals surface area contributed by atoms with Gasteiger partial charge in [0.2, 0.25) is 0 Å². The number of para-hydroxylation sites is 1. The van der Waals surface area contributed by atoms with Gasteiger partial charge >= 0.3 is 0 Å². The van der Waals surface area contributed by atoms with Gasteiger partial charge in [-0.3, -0.25) is 4.79 Å². The summed E-state index contributed by atoms with van der Waals surface area (Å²) in [6.45, 7) is 3.24. The van der Waals surface area contributed by atoms with Crippen LogP contribution in [0.1, 0.15) is 10.4 Å². The number of rotatable bonds is 1. The summed E-state index contributed by atoms with van der Waals surface area (Å²) >= 11 is 6.21. The van der Waals surface area contributed by atoms with Crippen molar-refractivity contribution in [3.05, 3.63) is 35.0 Å². The Labute approximate surface area is 116 Å². The predicted molar refractivity (Wildman–Crippen MR) is 76.7 cm³/mol. The molecular weight excluding hydrogens is 262 g/mol. The quantitative estimate of drug-likeness (QED) is 0.864. The fourth-order valence-electron chi connectivity index (χ4n) is 2.63. The van der Waals surface area contributed by atoms with Crippen molar-refractivity contribution in [3.63, 3.8) is 0 Å². The molecule has 1 N–H and O–H groups in total. The molecule has 1 fully saturated rings. The Hall–Kier alpha value is -1.52. The van der Waals surface area contributed by atoms with E-state index in [-0.39, 0.29) is 5.91 Å². The molecule has 4 nitrogen and oxygen atoms in total. The normalized spacial score (nSPS) is 16.0. The monoisotopic (exact) mass is 277 g/mol. The van der Waals surface area contributed by atoms with Crippen LogP contribution in [0.4, 0.5) is 0 Å². The third-order valence-corrected chi connectivity index (χ3v) is 3.89. The minimum absolute atomic E-state index is 0.0920. The van der Waals surface area contributed by atoms with Crippen molar-refractivity contribution in [3.8, 4) is 0 Å². The van der Waals surface area contributed by atoms with Gasteiger partial charge in [-0.2, -0.15) is 0 Å². The van der Waals surface area contributed by atoms with Crippen LogP contribution >= 0.6 is 11.6 Å². The number of nitrogens with zero attached hydrogens (tertiary/aromatic N) is 2. The summed E-state index contributed by atoms with van der Waals surface area (Å²) < 4.78 is 1.92. The average Bonchev–Trinajstić information content (AvgIpc) is 2.78. The highest BCUT2D eigenvalue weighted by atomic mass is 35.5. The fraction of sp³-hybridized carbons (Fsp3) is 0.357. The first kappa shape index (κ1) is 12.5. The van der Waals surface area contributed by atoms with Crippen LogP contribution in [-0.2, 0) is 7.05 Å². The molecule has 0 saturated carbocycles. The first-order valence-electron chi connectivity index (χ1n) is 6.42. The maximum Gasteiger partial charge on any atom is 0.256 e. The first-order chi connectivity index (χ1) is 9.18. The molecule has 19 heavy (non-hydrogen) atoms. The molecule has 1 amide bonds. The highest BCUT2D eigenvalue weighted by Gasteiger charge is 2.22. The average molecular weight is 278 g/mol. The van der Waals surface area contributed by atoms with Crippen molar-refractivity contribution < 1.29 is 4.79 Å². The zero-order valence-corrected chi connectivity index (χ0v) is 11.6. The number of hydrogen-bond donors (Lipinski definition) is 1. The first-order valence-corrected chi connectivity index (χ1v) is 6.80. The second-order valence-electron chi connectivity index (χ2n) is 4.83. The number of benzene rings is 1. The van der Waals surface area contributed by atoms with Crippen molar-refractivity contribution >= 4 is 28.4 Å². The highest BCUT2D eigenvalue weighted by Crippen LogP contribution is 2.28. The predicted octanol–water partition coefficient (Wildman–Crippen LogP) is 1.88. The Kier molecular flexibility index (Phi) is 3.21. The van der Waals surface area contributed by atoms with Gasteiger partial charge in [0.05, 0.1) is 16.1 Å². The Bertz CT molecular complexity index is 629. The van der Waals surface area contributed by atoms with E-state index in [1.807, 2.05) is 40.9 Å². The molecule has 1 aromatic carbocycles. The van der Waals surface area contributed by atoms with Crippen LogP contribution in [0.5, 0.6) is 0 Å². The number of amides is 1. The molecule has 0 atom stereocenters. The molecule has 3 rings (SSSR count). The van der Waals surface area contributed by atoms with E-state index < -0.39 is 0 Å².